The average Bonchev–Trinajstić information content (AvgIpc) is 3.12. The number of fused-ring (bicyclic) bond motifs is 1. The third kappa shape index (κ3) is 3.81. The number of benzene rings is 2. The monoisotopic (exact) mass is 349 g/mol. The quantitative estimate of drug-likeness (QED) is 0.822. The van der Waals surface area contributed by atoms with Crippen molar-refractivity contribution in [3.63, 3.8) is 0 Å². The summed E-state index contributed by atoms with van der Waals surface area (Å²) in [5.41, 5.74) is 12.2. The maximum atomic E-state index is 6.11. The van der Waals surface area contributed by atoms with Crippen LogP contribution in [0.15, 0.2) is 42.5 Å². The predicted octanol–water partition coefficient (Wildman–Crippen LogP) is 5.03. The minimum Gasteiger partial charge on any atom is -0.496 e. The Morgan fingerprint density at radius 2 is 1.92 bits per heavy atom. The third-order valence-electron chi connectivity index (χ3n) is 6.52. The van der Waals surface area contributed by atoms with Crippen molar-refractivity contribution in [2.45, 2.75) is 63.3 Å². The fourth-order valence-electron chi connectivity index (χ4n) is 4.94. The molecule has 1 saturated carbocycles. The van der Waals surface area contributed by atoms with Gasteiger partial charge in [0.1, 0.15) is 5.75 Å². The molecule has 26 heavy (non-hydrogen) atoms. The lowest BCUT2D eigenvalue weighted by atomic mass is 9.79. The zero-order valence-electron chi connectivity index (χ0n) is 15.9. The summed E-state index contributed by atoms with van der Waals surface area (Å²) in [6.07, 6.45) is 9.76. The van der Waals surface area contributed by atoms with E-state index in [2.05, 4.69) is 36.4 Å². The first-order valence-corrected chi connectivity index (χ1v) is 10.2. The number of hydrogen-bond donors (Lipinski definition) is 1. The molecule has 2 aromatic carbocycles. The van der Waals surface area contributed by atoms with E-state index in [1.807, 2.05) is 6.07 Å². The summed E-state index contributed by atoms with van der Waals surface area (Å²) in [5, 5.41) is 0. The number of ether oxygens (including phenoxy) is 1. The van der Waals surface area contributed by atoms with Crippen LogP contribution in [0.3, 0.4) is 0 Å². The van der Waals surface area contributed by atoms with Gasteiger partial charge in [0.15, 0.2) is 0 Å². The largest absolute Gasteiger partial charge is 0.496 e. The third-order valence-corrected chi connectivity index (χ3v) is 6.52. The van der Waals surface area contributed by atoms with Gasteiger partial charge in [-0.1, -0.05) is 36.4 Å². The van der Waals surface area contributed by atoms with Gasteiger partial charge in [-0.25, -0.2) is 0 Å². The fourth-order valence-corrected chi connectivity index (χ4v) is 4.94. The van der Waals surface area contributed by atoms with Crippen molar-refractivity contribution in [3.05, 3.63) is 64.7 Å². The number of nitrogens with two attached hydrogens (primary N) is 1. The van der Waals surface area contributed by atoms with Crippen molar-refractivity contribution in [1.82, 2.24) is 0 Å². The van der Waals surface area contributed by atoms with Crippen molar-refractivity contribution >= 4 is 0 Å². The van der Waals surface area contributed by atoms with Gasteiger partial charge in [0.2, 0.25) is 0 Å². The second kappa shape index (κ2) is 7.84. The smallest absolute Gasteiger partial charge is 0.122 e. The second-order valence-electron chi connectivity index (χ2n) is 8.26. The van der Waals surface area contributed by atoms with Gasteiger partial charge in [-0.15, -0.1) is 0 Å². The Morgan fingerprint density at radius 1 is 1.04 bits per heavy atom. The summed E-state index contributed by atoms with van der Waals surface area (Å²) in [5.74, 6) is 2.51. The van der Waals surface area contributed by atoms with Crippen LogP contribution in [0.4, 0.5) is 0 Å². The molecule has 0 spiro atoms. The van der Waals surface area contributed by atoms with Crippen LogP contribution in [-0.2, 0) is 19.3 Å². The van der Waals surface area contributed by atoms with Crippen LogP contribution < -0.4 is 10.5 Å². The summed E-state index contributed by atoms with van der Waals surface area (Å²) in [6, 6.07) is 16.1. The van der Waals surface area contributed by atoms with Crippen LogP contribution in [0.25, 0.3) is 0 Å². The van der Waals surface area contributed by atoms with Gasteiger partial charge in [0, 0.05) is 6.04 Å². The van der Waals surface area contributed by atoms with E-state index >= 15 is 0 Å². The van der Waals surface area contributed by atoms with Crippen molar-refractivity contribution in [3.8, 4) is 5.75 Å². The van der Waals surface area contributed by atoms with E-state index in [-0.39, 0.29) is 0 Å². The van der Waals surface area contributed by atoms with Crippen molar-refractivity contribution in [2.24, 2.45) is 11.7 Å². The standard InChI is InChI=1S/C24H31NO/c1-26-24-5-3-2-4-18(24)8-6-17-7-9-20-15-21(11-10-19(20)14-17)22-12-13-23(25)16-22/h2-5,10-11,15,17,22-23H,6-9,12-14,16,25H2,1H3/t17?,22-,23?/m0/s1. The number of methoxy groups -OCH3 is 1. The van der Waals surface area contributed by atoms with Gasteiger partial charge < -0.3 is 10.5 Å². The minimum absolute atomic E-state index is 0.412. The highest BCUT2D eigenvalue weighted by Gasteiger charge is 2.25. The molecule has 0 bridgehead atoms. The summed E-state index contributed by atoms with van der Waals surface area (Å²) in [6.45, 7) is 0. The summed E-state index contributed by atoms with van der Waals surface area (Å²) in [4.78, 5) is 0. The first kappa shape index (κ1) is 17.6. The van der Waals surface area contributed by atoms with E-state index in [4.69, 9.17) is 10.5 Å². The molecule has 0 aromatic heterocycles. The molecule has 0 heterocycles. The van der Waals surface area contributed by atoms with Crippen molar-refractivity contribution < 1.29 is 4.74 Å². The Balaban J connectivity index is 1.39. The molecule has 2 N–H and O–H groups in total. The number of para-hydroxylation sites is 1. The Bertz CT molecular complexity index is 754. The zero-order valence-corrected chi connectivity index (χ0v) is 15.9. The SMILES string of the molecule is COc1ccccc1CCC1CCc2cc([C@H]3CCC(N)C3)ccc2C1. The molecule has 0 radical (unpaired) electrons. The number of hydrogen-bond acceptors (Lipinski definition) is 2. The van der Waals surface area contributed by atoms with E-state index in [1.165, 1.54) is 56.1 Å². The summed E-state index contributed by atoms with van der Waals surface area (Å²) in [7, 11) is 1.77. The van der Waals surface area contributed by atoms with Crippen LogP contribution >= 0.6 is 0 Å². The molecule has 2 unspecified atom stereocenters. The zero-order chi connectivity index (χ0) is 17.9. The van der Waals surface area contributed by atoms with Gasteiger partial charge in [-0.05, 0) is 91.5 Å². The first-order chi connectivity index (χ1) is 12.7. The van der Waals surface area contributed by atoms with Crippen LogP contribution in [0.1, 0.15) is 60.3 Å². The lowest BCUT2D eigenvalue weighted by molar-refractivity contribution is 0.398. The van der Waals surface area contributed by atoms with E-state index in [0.717, 1.165) is 18.1 Å². The fraction of sp³-hybridized carbons (Fsp3) is 0.500. The molecule has 4 rings (SSSR count). The predicted molar refractivity (Wildman–Crippen MR) is 108 cm³/mol. The maximum absolute atomic E-state index is 6.11. The lowest BCUT2D eigenvalue weighted by Crippen LogP contribution is -2.16. The topological polar surface area (TPSA) is 35.2 Å². The molecule has 3 atom stereocenters. The highest BCUT2D eigenvalue weighted by atomic mass is 16.5. The molecule has 0 aliphatic heterocycles. The van der Waals surface area contributed by atoms with E-state index in [9.17, 15) is 0 Å². The van der Waals surface area contributed by atoms with Crippen molar-refractivity contribution in [1.29, 1.82) is 0 Å². The molecule has 2 aliphatic rings. The van der Waals surface area contributed by atoms with E-state index in [1.54, 1.807) is 18.2 Å². The van der Waals surface area contributed by atoms with Crippen LogP contribution in [0.5, 0.6) is 5.75 Å². The van der Waals surface area contributed by atoms with E-state index < -0.39 is 0 Å². The molecule has 2 aliphatic carbocycles. The molecule has 0 amide bonds. The van der Waals surface area contributed by atoms with Crippen LogP contribution in [0, 0.1) is 5.92 Å². The highest BCUT2D eigenvalue weighted by molar-refractivity contribution is 5.37. The maximum Gasteiger partial charge on any atom is 0.122 e. The number of aryl methyl sites for hydroxylation is 2. The molecule has 2 heteroatoms. The summed E-state index contributed by atoms with van der Waals surface area (Å²) < 4.78 is 5.50. The Hall–Kier alpha value is -1.80. The van der Waals surface area contributed by atoms with Gasteiger partial charge in [-0.2, -0.15) is 0 Å². The molecule has 0 saturated heterocycles. The molecule has 2 aromatic rings. The van der Waals surface area contributed by atoms with Gasteiger partial charge in [0.05, 0.1) is 7.11 Å². The molecule has 138 valence electrons. The van der Waals surface area contributed by atoms with Crippen LogP contribution in [-0.4, -0.2) is 13.2 Å². The van der Waals surface area contributed by atoms with Crippen molar-refractivity contribution in [2.75, 3.05) is 7.11 Å². The highest BCUT2D eigenvalue weighted by Crippen LogP contribution is 2.37. The summed E-state index contributed by atoms with van der Waals surface area (Å²) >= 11 is 0. The first-order valence-electron chi connectivity index (χ1n) is 10.2. The second-order valence-corrected chi connectivity index (χ2v) is 8.26. The van der Waals surface area contributed by atoms with Crippen LogP contribution in [0.2, 0.25) is 0 Å². The van der Waals surface area contributed by atoms with E-state index in [0.29, 0.717) is 12.0 Å². The van der Waals surface area contributed by atoms with Gasteiger partial charge in [-0.3, -0.25) is 0 Å². The Kier molecular flexibility index (Phi) is 5.31. The molecular weight excluding hydrogens is 318 g/mol. The minimum atomic E-state index is 0.412. The lowest BCUT2D eigenvalue weighted by Gasteiger charge is -2.26. The molecular formula is C24H31NO. The Morgan fingerprint density at radius 3 is 2.73 bits per heavy atom. The van der Waals surface area contributed by atoms with Gasteiger partial charge >= 0.3 is 0 Å². The Labute approximate surface area is 157 Å². The number of rotatable bonds is 5. The average molecular weight is 350 g/mol. The normalized spacial score (nSPS) is 25.1. The van der Waals surface area contributed by atoms with Gasteiger partial charge in [0.25, 0.3) is 0 Å². The molecule has 1 fully saturated rings. The molecule has 2 nitrogen and oxygen atoms in total.